The topological polar surface area (TPSA) is 59.2 Å². The molecule has 0 spiro atoms. The average molecular weight is 336 g/mol. The quantitative estimate of drug-likeness (QED) is 0.513. The molecule has 25 heavy (non-hydrogen) atoms. The van der Waals surface area contributed by atoms with Gasteiger partial charge in [-0.15, -0.1) is 0 Å². The summed E-state index contributed by atoms with van der Waals surface area (Å²) in [7, 11) is 1.78. The lowest BCUT2D eigenvalue weighted by molar-refractivity contribution is 0.665. The van der Waals surface area contributed by atoms with Crippen LogP contribution in [-0.4, -0.2) is 33.9 Å². The molecule has 0 atom stereocenters. The van der Waals surface area contributed by atoms with E-state index in [0.29, 0.717) is 6.54 Å². The lowest BCUT2D eigenvalue weighted by Crippen LogP contribution is -2.38. The molecular weight excluding hydrogens is 312 g/mol. The van der Waals surface area contributed by atoms with E-state index < -0.39 is 0 Å². The van der Waals surface area contributed by atoms with Gasteiger partial charge in [0.1, 0.15) is 0 Å². The molecule has 3 rings (SSSR count). The molecule has 0 saturated heterocycles. The van der Waals surface area contributed by atoms with Crippen molar-refractivity contribution in [3.63, 3.8) is 0 Å². The Morgan fingerprint density at radius 3 is 2.60 bits per heavy atom. The first-order valence-electron chi connectivity index (χ1n) is 8.44. The largest absolute Gasteiger partial charge is 0.355 e. The fourth-order valence-electron chi connectivity index (χ4n) is 2.58. The van der Waals surface area contributed by atoms with E-state index in [2.05, 4.69) is 56.0 Å². The Kier molecular flexibility index (Phi) is 5.87. The minimum absolute atomic E-state index is 0.692. The van der Waals surface area contributed by atoms with Gasteiger partial charge in [0.2, 0.25) is 0 Å². The predicted molar refractivity (Wildman–Crippen MR) is 100 cm³/mol. The van der Waals surface area contributed by atoms with Gasteiger partial charge in [0, 0.05) is 50.8 Å². The summed E-state index contributed by atoms with van der Waals surface area (Å²) in [5, 5.41) is 11.1. The number of hydrogen-bond acceptors (Lipinski definition) is 2. The molecule has 0 fully saturated rings. The van der Waals surface area contributed by atoms with Crippen molar-refractivity contribution in [1.29, 1.82) is 0 Å². The molecule has 0 amide bonds. The molecule has 6 nitrogen and oxygen atoms in total. The number of aromatic nitrogens is 3. The van der Waals surface area contributed by atoms with Crippen molar-refractivity contribution in [2.45, 2.75) is 19.6 Å². The summed E-state index contributed by atoms with van der Waals surface area (Å²) in [5.74, 6) is 0.794. The maximum Gasteiger partial charge on any atom is 0.191 e. The first-order chi connectivity index (χ1) is 12.3. The second kappa shape index (κ2) is 8.73. The SMILES string of the molecule is CN=C(NCCn1cccc1)NCc1cnn(Cc2ccccc2)c1. The first-order valence-corrected chi connectivity index (χ1v) is 8.44. The van der Waals surface area contributed by atoms with Gasteiger partial charge in [0.15, 0.2) is 5.96 Å². The molecule has 2 heterocycles. The van der Waals surface area contributed by atoms with Crippen LogP contribution in [0.3, 0.4) is 0 Å². The molecular formula is C19H24N6. The van der Waals surface area contributed by atoms with Gasteiger partial charge in [-0.3, -0.25) is 9.67 Å². The number of aliphatic imine (C=N–C) groups is 1. The standard InChI is InChI=1S/C19H24N6/c1-20-19(21-9-12-24-10-5-6-11-24)22-13-18-14-23-25(16-18)15-17-7-3-2-4-8-17/h2-8,10-11,14,16H,9,12-13,15H2,1H3,(H2,20,21,22). The Labute approximate surface area is 148 Å². The van der Waals surface area contributed by atoms with Crippen molar-refractivity contribution >= 4 is 5.96 Å². The lowest BCUT2D eigenvalue weighted by atomic mass is 10.2. The maximum absolute atomic E-state index is 4.42. The Hall–Kier alpha value is -3.02. The third kappa shape index (κ3) is 5.24. The molecule has 0 aliphatic rings. The zero-order valence-electron chi connectivity index (χ0n) is 14.5. The second-order valence-corrected chi connectivity index (χ2v) is 5.81. The highest BCUT2D eigenvalue weighted by Crippen LogP contribution is 2.03. The third-order valence-corrected chi connectivity index (χ3v) is 3.89. The summed E-state index contributed by atoms with van der Waals surface area (Å²) in [6.07, 6.45) is 8.06. The van der Waals surface area contributed by atoms with Crippen LogP contribution in [0.25, 0.3) is 0 Å². The Morgan fingerprint density at radius 1 is 1.04 bits per heavy atom. The van der Waals surface area contributed by atoms with Crippen LogP contribution in [0.5, 0.6) is 0 Å². The summed E-state index contributed by atoms with van der Waals surface area (Å²) >= 11 is 0. The maximum atomic E-state index is 4.42. The Balaban J connectivity index is 1.44. The summed E-state index contributed by atoms with van der Waals surface area (Å²) < 4.78 is 4.09. The average Bonchev–Trinajstić information content (AvgIpc) is 3.31. The van der Waals surface area contributed by atoms with Crippen LogP contribution < -0.4 is 10.6 Å². The summed E-state index contributed by atoms with van der Waals surface area (Å²) in [6.45, 7) is 3.20. The van der Waals surface area contributed by atoms with E-state index in [-0.39, 0.29) is 0 Å². The molecule has 0 aliphatic heterocycles. The summed E-state index contributed by atoms with van der Waals surface area (Å²) in [5.41, 5.74) is 2.37. The Bertz CT molecular complexity index is 773. The minimum atomic E-state index is 0.692. The predicted octanol–water partition coefficient (Wildman–Crippen LogP) is 2.10. The number of rotatable bonds is 7. The molecule has 6 heteroatoms. The van der Waals surface area contributed by atoms with E-state index in [1.165, 1.54) is 5.56 Å². The fourth-order valence-corrected chi connectivity index (χ4v) is 2.58. The van der Waals surface area contributed by atoms with Gasteiger partial charge in [0.05, 0.1) is 12.7 Å². The normalized spacial score (nSPS) is 11.5. The minimum Gasteiger partial charge on any atom is -0.355 e. The van der Waals surface area contributed by atoms with Crippen LogP contribution in [0.4, 0.5) is 0 Å². The number of hydrogen-bond donors (Lipinski definition) is 2. The molecule has 2 N–H and O–H groups in total. The van der Waals surface area contributed by atoms with Gasteiger partial charge in [-0.25, -0.2) is 0 Å². The van der Waals surface area contributed by atoms with Crippen LogP contribution in [-0.2, 0) is 19.6 Å². The highest BCUT2D eigenvalue weighted by atomic mass is 15.3. The second-order valence-electron chi connectivity index (χ2n) is 5.81. The number of nitrogens with zero attached hydrogens (tertiary/aromatic N) is 4. The third-order valence-electron chi connectivity index (χ3n) is 3.89. The molecule has 0 aliphatic carbocycles. The fraction of sp³-hybridized carbons (Fsp3) is 0.263. The van der Waals surface area contributed by atoms with E-state index in [0.717, 1.165) is 31.2 Å². The van der Waals surface area contributed by atoms with Crippen LogP contribution in [0.2, 0.25) is 0 Å². The van der Waals surface area contributed by atoms with Gasteiger partial charge in [-0.05, 0) is 17.7 Å². The van der Waals surface area contributed by atoms with E-state index >= 15 is 0 Å². The highest BCUT2D eigenvalue weighted by Gasteiger charge is 2.02. The number of benzene rings is 1. The van der Waals surface area contributed by atoms with Crippen molar-refractivity contribution in [1.82, 2.24) is 25.0 Å². The van der Waals surface area contributed by atoms with Gasteiger partial charge in [-0.1, -0.05) is 30.3 Å². The molecule has 0 saturated carbocycles. The molecule has 3 aromatic rings. The van der Waals surface area contributed by atoms with Crippen molar-refractivity contribution in [3.8, 4) is 0 Å². The van der Waals surface area contributed by atoms with Crippen molar-refractivity contribution < 1.29 is 0 Å². The highest BCUT2D eigenvalue weighted by molar-refractivity contribution is 5.79. The van der Waals surface area contributed by atoms with Crippen LogP contribution in [0.15, 0.2) is 72.2 Å². The van der Waals surface area contributed by atoms with Crippen LogP contribution >= 0.6 is 0 Å². The molecule has 2 aromatic heterocycles. The zero-order valence-corrected chi connectivity index (χ0v) is 14.5. The van der Waals surface area contributed by atoms with E-state index in [1.54, 1.807) is 7.05 Å². The van der Waals surface area contributed by atoms with Crippen molar-refractivity contribution in [2.24, 2.45) is 4.99 Å². The van der Waals surface area contributed by atoms with E-state index in [9.17, 15) is 0 Å². The van der Waals surface area contributed by atoms with Gasteiger partial charge in [0.25, 0.3) is 0 Å². The molecule has 0 radical (unpaired) electrons. The number of nitrogens with one attached hydrogen (secondary N) is 2. The smallest absolute Gasteiger partial charge is 0.191 e. The molecule has 0 bridgehead atoms. The van der Waals surface area contributed by atoms with Crippen molar-refractivity contribution in [3.05, 3.63) is 78.4 Å². The lowest BCUT2D eigenvalue weighted by Gasteiger charge is -2.11. The van der Waals surface area contributed by atoms with E-state index in [4.69, 9.17) is 0 Å². The monoisotopic (exact) mass is 336 g/mol. The molecule has 1 aromatic carbocycles. The van der Waals surface area contributed by atoms with E-state index in [1.807, 2.05) is 41.2 Å². The van der Waals surface area contributed by atoms with Crippen LogP contribution in [0.1, 0.15) is 11.1 Å². The van der Waals surface area contributed by atoms with Crippen LogP contribution in [0, 0.1) is 0 Å². The summed E-state index contributed by atoms with van der Waals surface area (Å²) in [4.78, 5) is 4.25. The van der Waals surface area contributed by atoms with Gasteiger partial charge < -0.3 is 15.2 Å². The number of guanidine groups is 1. The molecule has 0 unspecified atom stereocenters. The van der Waals surface area contributed by atoms with Crippen molar-refractivity contribution in [2.75, 3.05) is 13.6 Å². The zero-order chi connectivity index (χ0) is 17.3. The first kappa shape index (κ1) is 16.8. The Morgan fingerprint density at radius 2 is 1.84 bits per heavy atom. The van der Waals surface area contributed by atoms with Gasteiger partial charge >= 0.3 is 0 Å². The molecule has 130 valence electrons. The summed E-state index contributed by atoms with van der Waals surface area (Å²) in [6, 6.07) is 14.4. The van der Waals surface area contributed by atoms with Gasteiger partial charge in [-0.2, -0.15) is 5.10 Å².